The molecule has 0 atom stereocenters. The summed E-state index contributed by atoms with van der Waals surface area (Å²) < 4.78 is 13.3. The topological polar surface area (TPSA) is 74.3 Å². The van der Waals surface area contributed by atoms with Crippen molar-refractivity contribution in [3.63, 3.8) is 0 Å². The number of nitrogens with zero attached hydrogens (tertiary/aromatic N) is 2. The third kappa shape index (κ3) is 3.03. The molecule has 0 unspecified atom stereocenters. The predicted octanol–water partition coefficient (Wildman–Crippen LogP) is 2.21. The molecule has 1 aromatic heterocycles. The first kappa shape index (κ1) is 14.0. The van der Waals surface area contributed by atoms with Crippen molar-refractivity contribution in [3.05, 3.63) is 54.0 Å². The minimum absolute atomic E-state index is 0.141. The number of anilines is 2. The molecule has 2 heterocycles. The molecule has 22 heavy (non-hydrogen) atoms. The maximum atomic E-state index is 13.3. The van der Waals surface area contributed by atoms with E-state index in [1.807, 2.05) is 0 Å². The lowest BCUT2D eigenvalue weighted by molar-refractivity contribution is -0.116. The molecule has 0 bridgehead atoms. The number of benzene rings is 1. The van der Waals surface area contributed by atoms with E-state index in [0.29, 0.717) is 17.1 Å². The first-order valence-electron chi connectivity index (χ1n) is 6.67. The molecule has 2 N–H and O–H groups in total. The molecule has 0 saturated heterocycles. The van der Waals surface area contributed by atoms with E-state index in [9.17, 15) is 14.0 Å². The van der Waals surface area contributed by atoms with Crippen LogP contribution in [0.3, 0.4) is 0 Å². The Kier molecular flexibility index (Phi) is 3.69. The van der Waals surface area contributed by atoms with Crippen LogP contribution in [0.1, 0.15) is 5.56 Å². The molecule has 1 aliphatic heterocycles. The Morgan fingerprint density at radius 1 is 1.36 bits per heavy atom. The highest BCUT2D eigenvalue weighted by Gasteiger charge is 2.24. The largest absolute Gasteiger partial charge is 0.322 e. The molecule has 0 aliphatic carbocycles. The van der Waals surface area contributed by atoms with Crippen LogP contribution in [0.5, 0.6) is 0 Å². The summed E-state index contributed by atoms with van der Waals surface area (Å²) in [5.74, 6) is -0.335. The van der Waals surface area contributed by atoms with Crippen LogP contribution in [0.15, 0.2) is 42.6 Å². The summed E-state index contributed by atoms with van der Waals surface area (Å²) in [6.07, 6.45) is 1.56. The number of carbonyl (C=O) groups is 2. The summed E-state index contributed by atoms with van der Waals surface area (Å²) in [4.78, 5) is 29.2. The van der Waals surface area contributed by atoms with Gasteiger partial charge in [0.05, 0.1) is 6.54 Å². The van der Waals surface area contributed by atoms with Crippen LogP contribution in [0, 0.1) is 5.82 Å². The zero-order chi connectivity index (χ0) is 15.5. The highest BCUT2D eigenvalue weighted by molar-refractivity contribution is 5.97. The summed E-state index contributed by atoms with van der Waals surface area (Å²) in [5, 5.41) is 5.23. The Labute approximate surface area is 126 Å². The number of hydrogen-bond donors (Lipinski definition) is 2. The average Bonchev–Trinajstić information content (AvgIpc) is 2.49. The maximum absolute atomic E-state index is 13.3. The van der Waals surface area contributed by atoms with Crippen LogP contribution in [0.4, 0.5) is 20.7 Å². The number of aromatic nitrogens is 1. The molecule has 0 saturated carbocycles. The van der Waals surface area contributed by atoms with Crippen molar-refractivity contribution in [2.45, 2.75) is 6.54 Å². The predicted molar refractivity (Wildman–Crippen MR) is 78.7 cm³/mol. The summed E-state index contributed by atoms with van der Waals surface area (Å²) in [6, 6.07) is 8.87. The van der Waals surface area contributed by atoms with E-state index in [2.05, 4.69) is 15.6 Å². The minimum Gasteiger partial charge on any atom is -0.311 e. The first-order chi connectivity index (χ1) is 10.6. The number of fused-ring (bicyclic) bond motifs is 1. The molecule has 7 heteroatoms. The van der Waals surface area contributed by atoms with E-state index >= 15 is 0 Å². The molecular formula is C15H13FN4O2. The zero-order valence-electron chi connectivity index (χ0n) is 11.5. The lowest BCUT2D eigenvalue weighted by Crippen LogP contribution is -2.43. The van der Waals surface area contributed by atoms with Crippen LogP contribution < -0.4 is 10.6 Å². The molecule has 3 amide bonds. The normalized spacial score (nSPS) is 13.3. The minimum atomic E-state index is -0.393. The van der Waals surface area contributed by atoms with Crippen LogP contribution in [0.2, 0.25) is 0 Å². The van der Waals surface area contributed by atoms with Gasteiger partial charge in [-0.15, -0.1) is 0 Å². The number of pyridine rings is 1. The van der Waals surface area contributed by atoms with Crippen LogP contribution in [-0.4, -0.2) is 28.4 Å². The van der Waals surface area contributed by atoms with Gasteiger partial charge in [0.1, 0.15) is 18.2 Å². The van der Waals surface area contributed by atoms with Crippen molar-refractivity contribution in [1.29, 1.82) is 0 Å². The van der Waals surface area contributed by atoms with Gasteiger partial charge in [-0.3, -0.25) is 4.79 Å². The summed E-state index contributed by atoms with van der Waals surface area (Å²) >= 11 is 0. The van der Waals surface area contributed by atoms with Crippen LogP contribution in [-0.2, 0) is 11.3 Å². The van der Waals surface area contributed by atoms with E-state index in [0.717, 1.165) is 0 Å². The van der Waals surface area contributed by atoms with Crippen molar-refractivity contribution in [1.82, 2.24) is 9.88 Å². The molecule has 3 rings (SSSR count). The van der Waals surface area contributed by atoms with E-state index in [4.69, 9.17) is 0 Å². The van der Waals surface area contributed by atoms with E-state index in [-0.39, 0.29) is 24.8 Å². The molecule has 1 aromatic carbocycles. The lowest BCUT2D eigenvalue weighted by atomic mass is 10.1. The second-order valence-electron chi connectivity index (χ2n) is 4.85. The van der Waals surface area contributed by atoms with Crippen molar-refractivity contribution in [2.24, 2.45) is 0 Å². The average molecular weight is 300 g/mol. The molecular weight excluding hydrogens is 287 g/mol. The summed E-state index contributed by atoms with van der Waals surface area (Å²) in [7, 11) is 0. The monoisotopic (exact) mass is 300 g/mol. The lowest BCUT2D eigenvalue weighted by Gasteiger charge is -2.28. The number of amides is 3. The SMILES string of the molecule is O=C(CN1Cc2cc(F)ccc2NC1=O)Nc1ccccn1. The number of hydrogen-bond acceptors (Lipinski definition) is 3. The fourth-order valence-electron chi connectivity index (χ4n) is 2.21. The van der Waals surface area contributed by atoms with Gasteiger partial charge in [-0.05, 0) is 35.9 Å². The van der Waals surface area contributed by atoms with E-state index in [1.165, 1.54) is 23.1 Å². The Hall–Kier alpha value is -2.96. The van der Waals surface area contributed by atoms with Crippen LogP contribution >= 0.6 is 0 Å². The maximum Gasteiger partial charge on any atom is 0.322 e. The van der Waals surface area contributed by atoms with Crippen molar-refractivity contribution < 1.29 is 14.0 Å². The molecule has 6 nitrogen and oxygen atoms in total. The van der Waals surface area contributed by atoms with Gasteiger partial charge < -0.3 is 15.5 Å². The molecule has 0 spiro atoms. The summed E-state index contributed by atoms with van der Waals surface area (Å²) in [5.41, 5.74) is 1.19. The highest BCUT2D eigenvalue weighted by Crippen LogP contribution is 2.23. The van der Waals surface area contributed by atoms with Gasteiger partial charge in [0.15, 0.2) is 0 Å². The third-order valence-corrected chi connectivity index (χ3v) is 3.22. The van der Waals surface area contributed by atoms with E-state index in [1.54, 1.807) is 24.4 Å². The molecule has 1 aliphatic rings. The second-order valence-corrected chi connectivity index (χ2v) is 4.85. The fraction of sp³-hybridized carbons (Fsp3) is 0.133. The molecule has 112 valence electrons. The number of nitrogens with one attached hydrogen (secondary N) is 2. The molecule has 0 radical (unpaired) electrons. The first-order valence-corrected chi connectivity index (χ1v) is 6.67. The Balaban J connectivity index is 1.68. The Morgan fingerprint density at radius 3 is 3.00 bits per heavy atom. The molecule has 0 fully saturated rings. The number of urea groups is 1. The summed E-state index contributed by atoms with van der Waals surface area (Å²) in [6.45, 7) is 0.0346. The zero-order valence-corrected chi connectivity index (χ0v) is 11.5. The van der Waals surface area contributed by atoms with Crippen molar-refractivity contribution >= 4 is 23.4 Å². The Bertz CT molecular complexity index is 721. The van der Waals surface area contributed by atoms with Crippen LogP contribution in [0.25, 0.3) is 0 Å². The smallest absolute Gasteiger partial charge is 0.311 e. The second kappa shape index (κ2) is 5.80. The third-order valence-electron chi connectivity index (χ3n) is 3.22. The number of carbonyl (C=O) groups excluding carboxylic acids is 2. The Morgan fingerprint density at radius 2 is 2.23 bits per heavy atom. The van der Waals surface area contributed by atoms with Gasteiger partial charge >= 0.3 is 6.03 Å². The quantitative estimate of drug-likeness (QED) is 0.912. The molecule has 2 aromatic rings. The van der Waals surface area contributed by atoms with Gasteiger partial charge in [-0.1, -0.05) is 6.07 Å². The van der Waals surface area contributed by atoms with Gasteiger partial charge in [-0.25, -0.2) is 14.2 Å². The standard InChI is InChI=1S/C15H13FN4O2/c16-11-4-5-12-10(7-11)8-20(15(22)18-12)9-14(21)19-13-3-1-2-6-17-13/h1-7H,8-9H2,(H,18,22)(H,17,19,21). The van der Waals surface area contributed by atoms with Crippen molar-refractivity contribution in [3.8, 4) is 0 Å². The highest BCUT2D eigenvalue weighted by atomic mass is 19.1. The van der Waals surface area contributed by atoms with Crippen molar-refractivity contribution in [2.75, 3.05) is 17.2 Å². The number of rotatable bonds is 3. The van der Waals surface area contributed by atoms with Gasteiger partial charge in [0.25, 0.3) is 0 Å². The van der Waals surface area contributed by atoms with E-state index < -0.39 is 6.03 Å². The van der Waals surface area contributed by atoms with Gasteiger partial charge in [-0.2, -0.15) is 0 Å². The van der Waals surface area contributed by atoms with Gasteiger partial charge in [0, 0.05) is 11.9 Å². The number of halogens is 1. The fourth-order valence-corrected chi connectivity index (χ4v) is 2.21. The van der Waals surface area contributed by atoms with Gasteiger partial charge in [0.2, 0.25) is 5.91 Å².